The predicted octanol–water partition coefficient (Wildman–Crippen LogP) is 2.91. The molecular weight excluding hydrogens is 464 g/mol. The molecule has 0 bridgehead atoms. The Morgan fingerprint density at radius 3 is 2.25 bits per heavy atom. The van der Waals surface area contributed by atoms with Crippen LogP contribution in [0.25, 0.3) is 0 Å². The number of nitrogens with two attached hydrogens (primary N) is 1. The summed E-state index contributed by atoms with van der Waals surface area (Å²) in [6.07, 6.45) is 1.97. The summed E-state index contributed by atoms with van der Waals surface area (Å²) in [5.41, 5.74) is 4.93. The molecule has 200 valence electrons. The second-order valence-electron chi connectivity index (χ2n) is 9.68. The zero-order valence-electron chi connectivity index (χ0n) is 21.9. The van der Waals surface area contributed by atoms with Crippen LogP contribution in [0.2, 0.25) is 0 Å². The fraction of sp³-hybridized carbons (Fsp3) is 0.538. The number of benzene rings is 1. The molecule has 0 fully saturated rings. The normalized spacial score (nSPS) is 13.6. The molecule has 3 atom stereocenters. The quantitative estimate of drug-likeness (QED) is 0.303. The molecule has 4 amide bonds. The molecule has 0 radical (unpaired) electrons. The minimum absolute atomic E-state index is 0.00443. The van der Waals surface area contributed by atoms with Gasteiger partial charge in [0.15, 0.2) is 0 Å². The van der Waals surface area contributed by atoms with E-state index in [2.05, 4.69) is 17.2 Å². The van der Waals surface area contributed by atoms with Crippen molar-refractivity contribution >= 4 is 23.8 Å². The first-order valence-corrected chi connectivity index (χ1v) is 12.1. The summed E-state index contributed by atoms with van der Waals surface area (Å²) < 4.78 is 5.29. The monoisotopic (exact) mass is 504 g/mol. The number of aromatic hydroxyl groups is 1. The molecular formula is C26H40N4O6. The van der Waals surface area contributed by atoms with Crippen molar-refractivity contribution in [2.24, 2.45) is 5.73 Å². The number of primary amides is 1. The standard InChI is InChI=1S/C26H40N4O6/c1-7-9-17(3)28-23(33)22(18-10-12-19(31)13-11-18)30(16-8-2)24(34)20(14-15-21(27)32)29-25(35)36-26(4,5)6/h8,10-13,17,20,22,31H,2,7,9,14-16H2,1,3-6H3,(H2,27,32)(H,28,33)(H,29,35). The van der Waals surface area contributed by atoms with Crippen molar-refractivity contribution in [1.29, 1.82) is 0 Å². The maximum Gasteiger partial charge on any atom is 0.408 e. The highest BCUT2D eigenvalue weighted by molar-refractivity contribution is 5.92. The second kappa shape index (κ2) is 14.1. The first-order chi connectivity index (χ1) is 16.8. The van der Waals surface area contributed by atoms with E-state index in [1.54, 1.807) is 32.9 Å². The molecule has 1 rings (SSSR count). The van der Waals surface area contributed by atoms with Crippen LogP contribution in [0.1, 0.15) is 71.9 Å². The third kappa shape index (κ3) is 10.4. The molecule has 0 aliphatic carbocycles. The lowest BCUT2D eigenvalue weighted by molar-refractivity contribution is -0.142. The molecule has 0 aliphatic heterocycles. The van der Waals surface area contributed by atoms with Crippen LogP contribution in [0, 0.1) is 0 Å². The average molecular weight is 505 g/mol. The SMILES string of the molecule is C=CCN(C(=O)C(CCC(N)=O)NC(=O)OC(C)(C)C)C(C(=O)NC(C)CCC)c1ccc(O)cc1. The number of hydrogen-bond acceptors (Lipinski definition) is 6. The van der Waals surface area contributed by atoms with Gasteiger partial charge in [0.2, 0.25) is 17.7 Å². The van der Waals surface area contributed by atoms with E-state index in [1.807, 2.05) is 13.8 Å². The van der Waals surface area contributed by atoms with Crippen LogP contribution in [-0.4, -0.2) is 58.1 Å². The number of carbonyl (C=O) groups is 4. The molecule has 0 saturated carbocycles. The van der Waals surface area contributed by atoms with Crippen molar-refractivity contribution in [3.63, 3.8) is 0 Å². The number of alkyl carbamates (subject to hydrolysis) is 1. The summed E-state index contributed by atoms with van der Waals surface area (Å²) >= 11 is 0. The van der Waals surface area contributed by atoms with Crippen LogP contribution in [0.15, 0.2) is 36.9 Å². The highest BCUT2D eigenvalue weighted by Crippen LogP contribution is 2.25. The first-order valence-electron chi connectivity index (χ1n) is 12.1. The smallest absolute Gasteiger partial charge is 0.408 e. The van der Waals surface area contributed by atoms with Gasteiger partial charge in [0.1, 0.15) is 23.4 Å². The van der Waals surface area contributed by atoms with E-state index in [0.29, 0.717) is 5.56 Å². The predicted molar refractivity (Wildman–Crippen MR) is 137 cm³/mol. The molecule has 1 aromatic rings. The van der Waals surface area contributed by atoms with Crippen molar-refractivity contribution < 1.29 is 29.0 Å². The lowest BCUT2D eigenvalue weighted by atomic mass is 10.0. The molecule has 10 heteroatoms. The van der Waals surface area contributed by atoms with Gasteiger partial charge in [0.25, 0.3) is 0 Å². The molecule has 3 unspecified atom stereocenters. The number of rotatable bonds is 13. The highest BCUT2D eigenvalue weighted by Gasteiger charge is 2.36. The molecule has 0 aromatic heterocycles. The van der Waals surface area contributed by atoms with E-state index in [9.17, 15) is 24.3 Å². The summed E-state index contributed by atoms with van der Waals surface area (Å²) in [4.78, 5) is 52.4. The number of ether oxygens (including phenoxy) is 1. The lowest BCUT2D eigenvalue weighted by Crippen LogP contribution is -2.53. The number of hydrogen-bond donors (Lipinski definition) is 4. The molecule has 0 saturated heterocycles. The summed E-state index contributed by atoms with van der Waals surface area (Å²) in [7, 11) is 0. The number of phenolic OH excluding ortho intramolecular Hbond substituents is 1. The second-order valence-corrected chi connectivity index (χ2v) is 9.68. The van der Waals surface area contributed by atoms with Gasteiger partial charge in [-0.1, -0.05) is 31.6 Å². The molecule has 1 aromatic carbocycles. The molecule has 0 spiro atoms. The van der Waals surface area contributed by atoms with Crippen molar-refractivity contribution in [2.75, 3.05) is 6.54 Å². The van der Waals surface area contributed by atoms with Crippen molar-refractivity contribution in [1.82, 2.24) is 15.5 Å². The number of amides is 4. The van der Waals surface area contributed by atoms with Gasteiger partial charge in [-0.3, -0.25) is 14.4 Å². The summed E-state index contributed by atoms with van der Waals surface area (Å²) in [5, 5.41) is 15.2. The lowest BCUT2D eigenvalue weighted by Gasteiger charge is -2.34. The Labute approximate surface area is 213 Å². The molecule has 5 N–H and O–H groups in total. The van der Waals surface area contributed by atoms with Crippen LogP contribution in [0.3, 0.4) is 0 Å². The number of carbonyl (C=O) groups excluding carboxylic acids is 4. The number of nitrogens with one attached hydrogen (secondary N) is 2. The van der Waals surface area contributed by atoms with Gasteiger partial charge in [-0.05, 0) is 58.2 Å². The topological polar surface area (TPSA) is 151 Å². The summed E-state index contributed by atoms with van der Waals surface area (Å²) in [6, 6.07) is 3.52. The number of nitrogens with zero attached hydrogens (tertiary/aromatic N) is 1. The largest absolute Gasteiger partial charge is 0.508 e. The van der Waals surface area contributed by atoms with Crippen molar-refractivity contribution in [3.05, 3.63) is 42.5 Å². The Hall–Kier alpha value is -3.56. The van der Waals surface area contributed by atoms with Crippen LogP contribution >= 0.6 is 0 Å². The van der Waals surface area contributed by atoms with E-state index in [0.717, 1.165) is 12.8 Å². The van der Waals surface area contributed by atoms with Crippen molar-refractivity contribution in [3.8, 4) is 5.75 Å². The third-order valence-corrected chi connectivity index (χ3v) is 5.16. The van der Waals surface area contributed by atoms with Gasteiger partial charge in [-0.15, -0.1) is 6.58 Å². The Morgan fingerprint density at radius 1 is 1.14 bits per heavy atom. The van der Waals surface area contributed by atoms with Crippen LogP contribution in [0.5, 0.6) is 5.75 Å². The summed E-state index contributed by atoms with van der Waals surface area (Å²) in [6.45, 7) is 12.6. The zero-order chi connectivity index (χ0) is 27.5. The fourth-order valence-electron chi connectivity index (χ4n) is 3.61. The Balaban J connectivity index is 3.43. The minimum Gasteiger partial charge on any atom is -0.508 e. The van der Waals surface area contributed by atoms with Crippen LogP contribution < -0.4 is 16.4 Å². The van der Waals surface area contributed by atoms with Crippen LogP contribution in [-0.2, 0) is 19.1 Å². The first kappa shape index (κ1) is 30.5. The number of phenols is 1. The van der Waals surface area contributed by atoms with Gasteiger partial charge in [0.05, 0.1) is 0 Å². The molecule has 0 aliphatic rings. The van der Waals surface area contributed by atoms with E-state index in [-0.39, 0.29) is 31.2 Å². The third-order valence-electron chi connectivity index (χ3n) is 5.16. The maximum absolute atomic E-state index is 13.8. The van der Waals surface area contributed by atoms with E-state index in [1.165, 1.54) is 23.1 Å². The van der Waals surface area contributed by atoms with Crippen LogP contribution in [0.4, 0.5) is 4.79 Å². The van der Waals surface area contributed by atoms with Gasteiger partial charge in [-0.2, -0.15) is 0 Å². The Morgan fingerprint density at radius 2 is 1.75 bits per heavy atom. The van der Waals surface area contributed by atoms with Gasteiger partial charge >= 0.3 is 6.09 Å². The van der Waals surface area contributed by atoms with E-state index >= 15 is 0 Å². The van der Waals surface area contributed by atoms with Gasteiger partial charge < -0.3 is 31.1 Å². The van der Waals surface area contributed by atoms with Crippen molar-refractivity contribution in [2.45, 2.75) is 84.0 Å². The highest BCUT2D eigenvalue weighted by atomic mass is 16.6. The molecule has 36 heavy (non-hydrogen) atoms. The Bertz CT molecular complexity index is 910. The Kier molecular flexibility index (Phi) is 11.9. The maximum atomic E-state index is 13.8. The molecule has 0 heterocycles. The zero-order valence-corrected chi connectivity index (χ0v) is 21.9. The van der Waals surface area contributed by atoms with E-state index in [4.69, 9.17) is 10.5 Å². The fourth-order valence-corrected chi connectivity index (χ4v) is 3.61. The van der Waals surface area contributed by atoms with Gasteiger partial charge in [-0.25, -0.2) is 4.79 Å². The summed E-state index contributed by atoms with van der Waals surface area (Å²) in [5.74, 6) is -1.68. The minimum atomic E-state index is -1.19. The van der Waals surface area contributed by atoms with E-state index < -0.39 is 41.5 Å². The molecule has 10 nitrogen and oxygen atoms in total. The average Bonchev–Trinajstić information content (AvgIpc) is 2.75. The van der Waals surface area contributed by atoms with Gasteiger partial charge in [0, 0.05) is 19.0 Å².